The summed E-state index contributed by atoms with van der Waals surface area (Å²) in [6, 6.07) is 22.1. The molecule has 2 heterocycles. The number of rotatable bonds is 11. The lowest BCUT2D eigenvalue weighted by molar-refractivity contribution is -0.152. The largest absolute Gasteiger partial charge is 0.493 e. The van der Waals surface area contributed by atoms with Gasteiger partial charge in [-0.2, -0.15) is 0 Å². The minimum atomic E-state index is -1.31. The molecule has 5 rings (SSSR count). The number of hydrogen-bond donors (Lipinski definition) is 1. The van der Waals surface area contributed by atoms with Crippen molar-refractivity contribution in [2.75, 3.05) is 6.61 Å². The van der Waals surface area contributed by atoms with Crippen molar-refractivity contribution in [3.05, 3.63) is 84.8 Å². The second kappa shape index (κ2) is 10.7. The first-order valence-electron chi connectivity index (χ1n) is 13.1. The van der Waals surface area contributed by atoms with Gasteiger partial charge in [0, 0.05) is 34.6 Å². The van der Waals surface area contributed by atoms with Gasteiger partial charge < -0.3 is 23.6 Å². The Balaban J connectivity index is 1.29. The first-order valence-corrected chi connectivity index (χ1v) is 13.1. The van der Waals surface area contributed by atoms with Crippen LogP contribution >= 0.6 is 0 Å². The minimum Gasteiger partial charge on any atom is -0.493 e. The number of aliphatic carboxylic acids is 1. The van der Waals surface area contributed by atoms with Crippen LogP contribution in [0.1, 0.15) is 39.2 Å². The van der Waals surface area contributed by atoms with Crippen LogP contribution in [0.4, 0.5) is 0 Å². The van der Waals surface area contributed by atoms with Crippen LogP contribution in [-0.4, -0.2) is 27.9 Å². The van der Waals surface area contributed by atoms with Gasteiger partial charge in [0.1, 0.15) is 17.1 Å². The van der Waals surface area contributed by atoms with Crippen molar-refractivity contribution < 1.29 is 23.8 Å². The second-order valence-corrected chi connectivity index (χ2v) is 10.0. The first-order chi connectivity index (χ1) is 18.4. The van der Waals surface area contributed by atoms with E-state index in [0.717, 1.165) is 70.1 Å². The quantitative estimate of drug-likeness (QED) is 0.184. The highest BCUT2D eigenvalue weighted by atomic mass is 16.5. The molecule has 3 aromatic carbocycles. The zero-order chi connectivity index (χ0) is 26.7. The van der Waals surface area contributed by atoms with E-state index in [2.05, 4.69) is 35.8 Å². The molecule has 0 amide bonds. The van der Waals surface area contributed by atoms with Gasteiger partial charge >= 0.3 is 5.97 Å². The third kappa shape index (κ3) is 4.99. The molecule has 0 unspecified atom stereocenters. The average molecular weight is 512 g/mol. The zero-order valence-corrected chi connectivity index (χ0v) is 22.1. The highest BCUT2D eigenvalue weighted by Gasteiger charge is 2.30. The van der Waals surface area contributed by atoms with E-state index in [0.29, 0.717) is 12.4 Å². The smallest absolute Gasteiger partial charge is 0.347 e. The van der Waals surface area contributed by atoms with Gasteiger partial charge in [0.15, 0.2) is 5.60 Å². The molecule has 0 bridgehead atoms. The number of ether oxygens (including phenoxy) is 2. The molecular formula is C32H33NO5. The summed E-state index contributed by atoms with van der Waals surface area (Å²) in [5.74, 6) is 0.436. The van der Waals surface area contributed by atoms with Gasteiger partial charge in [-0.1, -0.05) is 49.7 Å². The van der Waals surface area contributed by atoms with E-state index in [9.17, 15) is 9.90 Å². The fraction of sp³-hybridized carbons (Fsp3) is 0.281. The van der Waals surface area contributed by atoms with E-state index in [4.69, 9.17) is 13.9 Å². The molecule has 5 aromatic rings. The number of nitrogens with zero attached hydrogens (tertiary/aromatic N) is 1. The van der Waals surface area contributed by atoms with Gasteiger partial charge in [0.2, 0.25) is 0 Å². The standard InChI is InChI=1S/C32H33NO5/c1-4-10-25-28(16-15-23-26(21-37-30(23)25)22-11-6-5-7-12-22)36-20-9-18-33-19-17-24-27(33)13-8-14-29(24)38-32(2,3)31(34)35/h5-8,11-17,19,21H,4,9-10,18,20H2,1-3H3,(H,34,35). The van der Waals surface area contributed by atoms with Gasteiger partial charge in [0.05, 0.1) is 18.4 Å². The van der Waals surface area contributed by atoms with Gasteiger partial charge in [-0.15, -0.1) is 0 Å². The normalized spacial score (nSPS) is 11.8. The molecule has 6 heteroatoms. The number of carboxylic acid groups (broad SMARTS) is 1. The van der Waals surface area contributed by atoms with Crippen LogP contribution in [0, 0.1) is 0 Å². The van der Waals surface area contributed by atoms with Gasteiger partial charge in [0.25, 0.3) is 0 Å². The fourth-order valence-corrected chi connectivity index (χ4v) is 4.82. The maximum atomic E-state index is 11.5. The number of hydrogen-bond acceptors (Lipinski definition) is 4. The van der Waals surface area contributed by atoms with Crippen LogP contribution in [0.15, 0.2) is 83.6 Å². The molecule has 0 saturated carbocycles. The number of aromatic nitrogens is 1. The summed E-state index contributed by atoms with van der Waals surface area (Å²) in [6.07, 6.45) is 6.54. The van der Waals surface area contributed by atoms with Crippen molar-refractivity contribution in [1.29, 1.82) is 0 Å². The summed E-state index contributed by atoms with van der Waals surface area (Å²) < 4.78 is 20.3. The molecule has 0 aliphatic carbocycles. The van der Waals surface area contributed by atoms with E-state index in [1.54, 1.807) is 13.8 Å². The lowest BCUT2D eigenvalue weighted by Gasteiger charge is -2.22. The Bertz CT molecular complexity index is 1560. The van der Waals surface area contributed by atoms with Crippen molar-refractivity contribution in [2.24, 2.45) is 0 Å². The SMILES string of the molecule is CCCc1c(OCCCn2ccc3c(OC(C)(C)C(=O)O)cccc32)ccc2c(-c3ccccc3)coc12. The molecule has 38 heavy (non-hydrogen) atoms. The molecule has 0 atom stereocenters. The number of aryl methyl sites for hydroxylation is 2. The lowest BCUT2D eigenvalue weighted by atomic mass is 10.0. The third-order valence-corrected chi connectivity index (χ3v) is 6.84. The van der Waals surface area contributed by atoms with Crippen LogP contribution in [0.2, 0.25) is 0 Å². The lowest BCUT2D eigenvalue weighted by Crippen LogP contribution is -2.37. The third-order valence-electron chi connectivity index (χ3n) is 6.84. The van der Waals surface area contributed by atoms with Crippen molar-refractivity contribution in [2.45, 2.75) is 52.2 Å². The molecule has 0 spiro atoms. The molecule has 0 saturated heterocycles. The molecule has 0 fully saturated rings. The van der Waals surface area contributed by atoms with E-state index >= 15 is 0 Å². The van der Waals surface area contributed by atoms with E-state index in [1.165, 1.54) is 0 Å². The Morgan fingerprint density at radius 1 is 0.974 bits per heavy atom. The predicted octanol–water partition coefficient (Wildman–Crippen LogP) is 7.72. The summed E-state index contributed by atoms with van der Waals surface area (Å²) in [5.41, 5.74) is 3.94. The molecule has 1 N–H and O–H groups in total. The van der Waals surface area contributed by atoms with Crippen LogP contribution < -0.4 is 9.47 Å². The van der Waals surface area contributed by atoms with E-state index in [-0.39, 0.29) is 0 Å². The van der Waals surface area contributed by atoms with Crippen molar-refractivity contribution in [3.63, 3.8) is 0 Å². The molecule has 2 aromatic heterocycles. The summed E-state index contributed by atoms with van der Waals surface area (Å²) in [4.78, 5) is 11.5. The first kappa shape index (κ1) is 25.5. The summed E-state index contributed by atoms with van der Waals surface area (Å²) in [6.45, 7) is 6.60. The van der Waals surface area contributed by atoms with Crippen LogP contribution in [0.25, 0.3) is 33.0 Å². The minimum absolute atomic E-state index is 0.565. The van der Waals surface area contributed by atoms with Crippen LogP contribution in [0.3, 0.4) is 0 Å². The number of benzene rings is 3. The molecule has 0 aliphatic rings. The topological polar surface area (TPSA) is 73.8 Å². The van der Waals surface area contributed by atoms with Gasteiger partial charge in [-0.3, -0.25) is 0 Å². The van der Waals surface area contributed by atoms with Crippen molar-refractivity contribution in [3.8, 4) is 22.6 Å². The van der Waals surface area contributed by atoms with Crippen LogP contribution in [-0.2, 0) is 17.8 Å². The fourth-order valence-electron chi connectivity index (χ4n) is 4.82. The number of carbonyl (C=O) groups is 1. The van der Waals surface area contributed by atoms with E-state index < -0.39 is 11.6 Å². The monoisotopic (exact) mass is 511 g/mol. The average Bonchev–Trinajstić information content (AvgIpc) is 3.53. The maximum absolute atomic E-state index is 11.5. The molecular weight excluding hydrogens is 478 g/mol. The molecule has 0 radical (unpaired) electrons. The highest BCUT2D eigenvalue weighted by molar-refractivity contribution is 5.96. The summed E-state index contributed by atoms with van der Waals surface area (Å²) in [5, 5.41) is 11.4. The molecule has 196 valence electrons. The predicted molar refractivity (Wildman–Crippen MR) is 150 cm³/mol. The zero-order valence-electron chi connectivity index (χ0n) is 22.1. The molecule has 0 aliphatic heterocycles. The van der Waals surface area contributed by atoms with Gasteiger partial charge in [-0.05, 0) is 62.6 Å². The van der Waals surface area contributed by atoms with Gasteiger partial charge in [-0.25, -0.2) is 4.79 Å². The van der Waals surface area contributed by atoms with Crippen LogP contribution in [0.5, 0.6) is 11.5 Å². The Morgan fingerprint density at radius 3 is 2.55 bits per heavy atom. The maximum Gasteiger partial charge on any atom is 0.347 e. The second-order valence-electron chi connectivity index (χ2n) is 10.0. The Morgan fingerprint density at radius 2 is 1.79 bits per heavy atom. The Kier molecular flexibility index (Phi) is 7.14. The van der Waals surface area contributed by atoms with Crippen molar-refractivity contribution >= 4 is 27.8 Å². The number of fused-ring (bicyclic) bond motifs is 2. The Hall–Kier alpha value is -4.19. The van der Waals surface area contributed by atoms with E-state index in [1.807, 2.05) is 54.9 Å². The number of furan rings is 1. The Labute approximate surface area is 222 Å². The highest BCUT2D eigenvalue weighted by Crippen LogP contribution is 2.37. The summed E-state index contributed by atoms with van der Waals surface area (Å²) >= 11 is 0. The number of carboxylic acids is 1. The van der Waals surface area contributed by atoms with Crippen molar-refractivity contribution in [1.82, 2.24) is 4.57 Å². The molecule has 6 nitrogen and oxygen atoms in total. The summed E-state index contributed by atoms with van der Waals surface area (Å²) in [7, 11) is 0.